The van der Waals surface area contributed by atoms with Crippen LogP contribution in [0.4, 0.5) is 0 Å². The summed E-state index contributed by atoms with van der Waals surface area (Å²) >= 11 is 2.03. The van der Waals surface area contributed by atoms with Gasteiger partial charge < -0.3 is 9.47 Å². The standard InChI is InChI=1S/C8H8INO3/c1-12-7-3-6(9)5(4-10-7)8(11)13-2/h3-4H,1-2H3. The lowest BCUT2D eigenvalue weighted by Gasteiger charge is -2.03. The fourth-order valence-electron chi connectivity index (χ4n) is 0.785. The van der Waals surface area contributed by atoms with Crippen LogP contribution in [-0.2, 0) is 4.74 Å². The number of nitrogens with zero attached hydrogens (tertiary/aromatic N) is 1. The summed E-state index contributed by atoms with van der Waals surface area (Å²) in [7, 11) is 2.86. The summed E-state index contributed by atoms with van der Waals surface area (Å²) in [6, 6.07) is 1.67. The molecule has 0 aliphatic rings. The predicted octanol–water partition coefficient (Wildman–Crippen LogP) is 1.48. The average molecular weight is 293 g/mol. The van der Waals surface area contributed by atoms with Crippen LogP contribution >= 0.6 is 22.6 Å². The Morgan fingerprint density at radius 1 is 1.54 bits per heavy atom. The van der Waals surface area contributed by atoms with Crippen molar-refractivity contribution >= 4 is 28.6 Å². The maximum atomic E-state index is 11.1. The highest BCUT2D eigenvalue weighted by Gasteiger charge is 2.11. The first-order valence-corrected chi connectivity index (χ1v) is 4.54. The lowest BCUT2D eigenvalue weighted by molar-refractivity contribution is 0.0599. The second kappa shape index (κ2) is 4.40. The monoisotopic (exact) mass is 293 g/mol. The minimum absolute atomic E-state index is 0.389. The number of methoxy groups -OCH3 is 2. The zero-order valence-corrected chi connectivity index (χ0v) is 9.36. The van der Waals surface area contributed by atoms with Gasteiger partial charge in [0.05, 0.1) is 19.8 Å². The van der Waals surface area contributed by atoms with E-state index in [4.69, 9.17) is 4.74 Å². The summed E-state index contributed by atoms with van der Waals surface area (Å²) in [6.45, 7) is 0. The summed E-state index contributed by atoms with van der Waals surface area (Å²) in [5.41, 5.74) is 0.448. The number of hydrogen-bond acceptors (Lipinski definition) is 4. The molecule has 0 aromatic carbocycles. The zero-order valence-electron chi connectivity index (χ0n) is 7.20. The third-order valence-corrected chi connectivity index (χ3v) is 2.34. The molecule has 0 bridgehead atoms. The van der Waals surface area contributed by atoms with E-state index in [0.717, 1.165) is 3.57 Å². The average Bonchev–Trinajstić information content (AvgIpc) is 2.16. The lowest BCUT2D eigenvalue weighted by atomic mass is 10.3. The maximum absolute atomic E-state index is 11.1. The van der Waals surface area contributed by atoms with Crippen LogP contribution in [-0.4, -0.2) is 25.2 Å². The Labute approximate surface area is 89.4 Å². The highest BCUT2D eigenvalue weighted by Crippen LogP contribution is 2.16. The topological polar surface area (TPSA) is 48.4 Å². The van der Waals surface area contributed by atoms with Crippen molar-refractivity contribution in [2.24, 2.45) is 0 Å². The molecule has 0 unspecified atom stereocenters. The molecule has 70 valence electrons. The molecule has 4 nitrogen and oxygen atoms in total. The van der Waals surface area contributed by atoms with E-state index in [1.54, 1.807) is 6.07 Å². The van der Waals surface area contributed by atoms with Crippen molar-refractivity contribution in [1.82, 2.24) is 4.98 Å². The Bertz CT molecular complexity index is 327. The largest absolute Gasteiger partial charge is 0.481 e. The molecule has 0 atom stereocenters. The van der Waals surface area contributed by atoms with Gasteiger partial charge in [0.15, 0.2) is 0 Å². The molecule has 0 saturated carbocycles. The van der Waals surface area contributed by atoms with Gasteiger partial charge in [-0.1, -0.05) is 0 Å². The van der Waals surface area contributed by atoms with Crippen LogP contribution in [0, 0.1) is 3.57 Å². The maximum Gasteiger partial charge on any atom is 0.340 e. The van der Waals surface area contributed by atoms with E-state index in [1.165, 1.54) is 20.4 Å². The van der Waals surface area contributed by atoms with E-state index in [1.807, 2.05) is 22.6 Å². The van der Waals surface area contributed by atoms with E-state index < -0.39 is 0 Å². The van der Waals surface area contributed by atoms with E-state index >= 15 is 0 Å². The van der Waals surface area contributed by atoms with E-state index in [2.05, 4.69) is 9.72 Å². The number of hydrogen-bond donors (Lipinski definition) is 0. The van der Waals surface area contributed by atoms with Gasteiger partial charge in [-0.05, 0) is 22.6 Å². The third kappa shape index (κ3) is 2.30. The van der Waals surface area contributed by atoms with E-state index in [9.17, 15) is 4.79 Å². The lowest BCUT2D eigenvalue weighted by Crippen LogP contribution is -2.04. The molecule has 0 spiro atoms. The van der Waals surface area contributed by atoms with Crippen molar-refractivity contribution in [3.05, 3.63) is 21.4 Å². The number of pyridine rings is 1. The van der Waals surface area contributed by atoms with Gasteiger partial charge in [-0.25, -0.2) is 9.78 Å². The van der Waals surface area contributed by atoms with Gasteiger partial charge in [-0.15, -0.1) is 0 Å². The Kier molecular flexibility index (Phi) is 3.47. The summed E-state index contributed by atoms with van der Waals surface area (Å²) in [4.78, 5) is 15.0. The van der Waals surface area contributed by atoms with Crippen LogP contribution in [0.5, 0.6) is 5.88 Å². The van der Waals surface area contributed by atoms with Gasteiger partial charge in [0, 0.05) is 15.8 Å². The first kappa shape index (κ1) is 10.2. The van der Waals surface area contributed by atoms with Gasteiger partial charge in [0.25, 0.3) is 0 Å². The minimum atomic E-state index is -0.389. The van der Waals surface area contributed by atoms with Crippen LogP contribution in [0.2, 0.25) is 0 Å². The Hall–Kier alpha value is -0.850. The zero-order chi connectivity index (χ0) is 9.84. The first-order chi connectivity index (χ1) is 6.19. The van der Waals surface area contributed by atoms with Crippen LogP contribution in [0.25, 0.3) is 0 Å². The summed E-state index contributed by atoms with van der Waals surface area (Å²) in [5.74, 6) is 0.0941. The molecule has 5 heteroatoms. The van der Waals surface area contributed by atoms with Crippen molar-refractivity contribution in [3.8, 4) is 5.88 Å². The Morgan fingerprint density at radius 2 is 2.23 bits per heavy atom. The quantitative estimate of drug-likeness (QED) is 0.612. The Morgan fingerprint density at radius 3 is 2.69 bits per heavy atom. The van der Waals surface area contributed by atoms with Crippen molar-refractivity contribution in [2.75, 3.05) is 14.2 Å². The number of aromatic nitrogens is 1. The fraction of sp³-hybridized carbons (Fsp3) is 0.250. The second-order valence-corrected chi connectivity index (χ2v) is 3.36. The van der Waals surface area contributed by atoms with Gasteiger partial charge >= 0.3 is 5.97 Å². The molecular weight excluding hydrogens is 285 g/mol. The number of halogens is 1. The van der Waals surface area contributed by atoms with Crippen LogP contribution < -0.4 is 4.74 Å². The number of esters is 1. The van der Waals surface area contributed by atoms with Crippen molar-refractivity contribution < 1.29 is 14.3 Å². The molecular formula is C8H8INO3. The van der Waals surface area contributed by atoms with Crippen LogP contribution in [0.1, 0.15) is 10.4 Å². The smallest absolute Gasteiger partial charge is 0.340 e. The SMILES string of the molecule is COC(=O)c1cnc(OC)cc1I. The van der Waals surface area contributed by atoms with Crippen molar-refractivity contribution in [1.29, 1.82) is 0 Å². The van der Waals surface area contributed by atoms with Crippen molar-refractivity contribution in [3.63, 3.8) is 0 Å². The molecule has 0 fully saturated rings. The first-order valence-electron chi connectivity index (χ1n) is 3.47. The minimum Gasteiger partial charge on any atom is -0.481 e. The van der Waals surface area contributed by atoms with Gasteiger partial charge in [-0.2, -0.15) is 0 Å². The molecule has 1 rings (SSSR count). The van der Waals surface area contributed by atoms with E-state index in [-0.39, 0.29) is 5.97 Å². The predicted molar refractivity (Wildman–Crippen MR) is 54.8 cm³/mol. The molecule has 0 saturated heterocycles. The summed E-state index contributed by atoms with van der Waals surface area (Å²) in [5, 5.41) is 0. The molecule has 0 N–H and O–H groups in total. The fourth-order valence-corrected chi connectivity index (χ4v) is 1.41. The molecule has 0 aliphatic heterocycles. The summed E-state index contributed by atoms with van der Waals surface area (Å²) < 4.78 is 10.2. The van der Waals surface area contributed by atoms with Gasteiger partial charge in [-0.3, -0.25) is 0 Å². The molecule has 13 heavy (non-hydrogen) atoms. The number of carbonyl (C=O) groups excluding carboxylic acids is 1. The van der Waals surface area contributed by atoms with Crippen LogP contribution in [0.3, 0.4) is 0 Å². The molecule has 0 aliphatic carbocycles. The molecule has 1 aromatic rings. The highest BCUT2D eigenvalue weighted by molar-refractivity contribution is 14.1. The van der Waals surface area contributed by atoms with Gasteiger partial charge in [0.2, 0.25) is 5.88 Å². The normalized spacial score (nSPS) is 9.46. The number of rotatable bonds is 2. The van der Waals surface area contributed by atoms with E-state index in [0.29, 0.717) is 11.4 Å². The molecule has 0 amide bonds. The number of ether oxygens (including phenoxy) is 2. The van der Waals surface area contributed by atoms with Crippen molar-refractivity contribution in [2.45, 2.75) is 0 Å². The molecule has 1 heterocycles. The second-order valence-electron chi connectivity index (χ2n) is 2.20. The molecule has 0 radical (unpaired) electrons. The Balaban J connectivity index is 3.05. The number of carbonyl (C=O) groups is 1. The van der Waals surface area contributed by atoms with Gasteiger partial charge in [0.1, 0.15) is 0 Å². The highest BCUT2D eigenvalue weighted by atomic mass is 127. The third-order valence-electron chi connectivity index (χ3n) is 1.44. The molecule has 1 aromatic heterocycles. The summed E-state index contributed by atoms with van der Waals surface area (Å²) in [6.07, 6.45) is 1.44. The van der Waals surface area contributed by atoms with Crippen LogP contribution in [0.15, 0.2) is 12.3 Å².